The molecule has 1 saturated heterocycles. The summed E-state index contributed by atoms with van der Waals surface area (Å²) in [6.07, 6.45) is 1.58. The van der Waals surface area contributed by atoms with E-state index in [0.717, 1.165) is 23.3 Å². The van der Waals surface area contributed by atoms with Crippen molar-refractivity contribution in [3.63, 3.8) is 0 Å². The fourth-order valence-electron chi connectivity index (χ4n) is 4.37. The number of carbonyl (C=O) groups is 2. The zero-order valence-corrected chi connectivity index (χ0v) is 19.4. The molecule has 2 aromatic heterocycles. The van der Waals surface area contributed by atoms with Gasteiger partial charge < -0.3 is 34.9 Å². The quantitative estimate of drug-likeness (QED) is 0.401. The maximum atomic E-state index is 13.2. The monoisotopic (exact) mass is 481 g/mol. The summed E-state index contributed by atoms with van der Waals surface area (Å²) in [4.78, 5) is 37.6. The number of nitrogens with one attached hydrogen (secondary N) is 2. The van der Waals surface area contributed by atoms with Gasteiger partial charge in [-0.15, -0.1) is 0 Å². The maximum Gasteiger partial charge on any atom is 0.407 e. The van der Waals surface area contributed by atoms with Crippen LogP contribution in [0.25, 0.3) is 22.3 Å². The van der Waals surface area contributed by atoms with Crippen molar-refractivity contribution in [1.29, 1.82) is 0 Å². The summed E-state index contributed by atoms with van der Waals surface area (Å²) in [5.41, 5.74) is 3.24. The summed E-state index contributed by atoms with van der Waals surface area (Å²) in [6, 6.07) is 4.80. The van der Waals surface area contributed by atoms with Gasteiger partial charge in [-0.25, -0.2) is 14.8 Å². The highest BCUT2D eigenvalue weighted by Gasteiger charge is 2.36. The van der Waals surface area contributed by atoms with Crippen molar-refractivity contribution in [1.82, 2.24) is 25.2 Å². The number of aromatic amines is 1. The summed E-state index contributed by atoms with van der Waals surface area (Å²) in [5.74, 6) is 1.41. The zero-order valence-electron chi connectivity index (χ0n) is 19.4. The van der Waals surface area contributed by atoms with E-state index >= 15 is 0 Å². The molecule has 2 amide bonds. The lowest BCUT2D eigenvalue weighted by molar-refractivity contribution is 0.0889. The van der Waals surface area contributed by atoms with E-state index in [2.05, 4.69) is 20.3 Å². The minimum Gasteiger partial charge on any atom is -0.497 e. The molecule has 35 heavy (non-hydrogen) atoms. The topological polar surface area (TPSA) is 150 Å². The molecule has 1 saturated carbocycles. The summed E-state index contributed by atoms with van der Waals surface area (Å²) in [6.45, 7) is 2.33. The van der Waals surface area contributed by atoms with Gasteiger partial charge in [-0.2, -0.15) is 0 Å². The standard InChI is InChI=1S/C24H27N5O6/c1-12-19(23(31)28-16-8-29(24(32)33)9-17(16)30)21-22(27-12)20(25-11-26-21)15-6-5-14(34-2)7-18(15)35-10-13-3-4-13/h5-7,11,13,16-17,27,30H,3-4,8-10H2,1-2H3,(H,28,31)(H,32,33)/t16-,17-/m1/s1. The highest BCUT2D eigenvalue weighted by atomic mass is 16.5. The molecule has 0 radical (unpaired) electrons. The first-order valence-electron chi connectivity index (χ1n) is 11.5. The highest BCUT2D eigenvalue weighted by Crippen LogP contribution is 2.38. The van der Waals surface area contributed by atoms with Crippen LogP contribution in [0.1, 0.15) is 28.9 Å². The lowest BCUT2D eigenvalue weighted by atomic mass is 10.1. The number of nitrogens with zero attached hydrogens (tertiary/aromatic N) is 3. The number of carboxylic acid groups (broad SMARTS) is 1. The molecule has 11 heteroatoms. The Morgan fingerprint density at radius 3 is 2.74 bits per heavy atom. The van der Waals surface area contributed by atoms with Gasteiger partial charge in [-0.1, -0.05) is 0 Å². The molecule has 4 N–H and O–H groups in total. The lowest BCUT2D eigenvalue weighted by Gasteiger charge is -2.15. The van der Waals surface area contributed by atoms with Crippen molar-refractivity contribution in [2.75, 3.05) is 26.8 Å². The van der Waals surface area contributed by atoms with E-state index in [1.165, 1.54) is 6.33 Å². The van der Waals surface area contributed by atoms with Crippen molar-refractivity contribution >= 4 is 23.0 Å². The third-order valence-electron chi connectivity index (χ3n) is 6.49. The van der Waals surface area contributed by atoms with Crippen LogP contribution >= 0.6 is 0 Å². The van der Waals surface area contributed by atoms with Crippen LogP contribution in [0.15, 0.2) is 24.5 Å². The van der Waals surface area contributed by atoms with Crippen LogP contribution in [-0.2, 0) is 0 Å². The van der Waals surface area contributed by atoms with Crippen molar-refractivity contribution in [2.45, 2.75) is 31.9 Å². The molecule has 184 valence electrons. The first-order valence-corrected chi connectivity index (χ1v) is 11.5. The Labute approximate surface area is 201 Å². The number of aliphatic hydroxyl groups is 1. The number of rotatable bonds is 7. The van der Waals surface area contributed by atoms with Gasteiger partial charge in [-0.05, 0) is 37.8 Å². The number of carbonyl (C=O) groups excluding carboxylic acids is 1. The number of fused-ring (bicyclic) bond motifs is 1. The first-order chi connectivity index (χ1) is 16.9. The number of aryl methyl sites for hydroxylation is 1. The largest absolute Gasteiger partial charge is 0.497 e. The first kappa shape index (κ1) is 22.9. The second-order valence-corrected chi connectivity index (χ2v) is 9.02. The molecule has 0 spiro atoms. The zero-order chi connectivity index (χ0) is 24.7. The van der Waals surface area contributed by atoms with E-state index in [4.69, 9.17) is 9.47 Å². The van der Waals surface area contributed by atoms with E-state index in [-0.39, 0.29) is 13.1 Å². The molecule has 3 aromatic rings. The molecular formula is C24H27N5O6. The van der Waals surface area contributed by atoms with Gasteiger partial charge in [0.25, 0.3) is 5.91 Å². The Balaban J connectivity index is 1.48. The average molecular weight is 482 g/mol. The predicted molar refractivity (Wildman–Crippen MR) is 126 cm³/mol. The molecule has 3 heterocycles. The number of aromatic nitrogens is 3. The predicted octanol–water partition coefficient (Wildman–Crippen LogP) is 2.18. The molecule has 2 aliphatic rings. The Bertz CT molecular complexity index is 1290. The van der Waals surface area contributed by atoms with Crippen molar-refractivity contribution in [3.05, 3.63) is 35.8 Å². The number of H-pyrrole nitrogens is 1. The minimum absolute atomic E-state index is 0.0113. The Morgan fingerprint density at radius 2 is 2.06 bits per heavy atom. The second kappa shape index (κ2) is 9.06. The number of ether oxygens (including phenoxy) is 2. The molecule has 1 aromatic carbocycles. The number of aliphatic hydroxyl groups excluding tert-OH is 1. The van der Waals surface area contributed by atoms with E-state index in [9.17, 15) is 19.8 Å². The smallest absolute Gasteiger partial charge is 0.407 e. The summed E-state index contributed by atoms with van der Waals surface area (Å²) < 4.78 is 11.5. The van der Waals surface area contributed by atoms with Gasteiger partial charge in [0.1, 0.15) is 29.0 Å². The van der Waals surface area contributed by atoms with Crippen molar-refractivity contribution in [2.24, 2.45) is 5.92 Å². The molecule has 0 unspecified atom stereocenters. The van der Waals surface area contributed by atoms with E-state index in [1.807, 2.05) is 18.2 Å². The molecule has 0 bridgehead atoms. The van der Waals surface area contributed by atoms with Crippen LogP contribution in [0.4, 0.5) is 4.79 Å². The van der Waals surface area contributed by atoms with Crippen molar-refractivity contribution < 1.29 is 29.3 Å². The summed E-state index contributed by atoms with van der Waals surface area (Å²) >= 11 is 0. The molecule has 1 aliphatic carbocycles. The van der Waals surface area contributed by atoms with Crippen LogP contribution in [0.3, 0.4) is 0 Å². The van der Waals surface area contributed by atoms with Crippen LogP contribution in [0.2, 0.25) is 0 Å². The second-order valence-electron chi connectivity index (χ2n) is 9.02. The highest BCUT2D eigenvalue weighted by molar-refractivity contribution is 6.09. The number of hydrogen-bond donors (Lipinski definition) is 4. The molecule has 5 rings (SSSR count). The van der Waals surface area contributed by atoms with Gasteiger partial charge in [0, 0.05) is 23.9 Å². The van der Waals surface area contributed by atoms with Crippen molar-refractivity contribution in [3.8, 4) is 22.8 Å². The van der Waals surface area contributed by atoms with Gasteiger partial charge >= 0.3 is 6.09 Å². The van der Waals surface area contributed by atoms with Crippen LogP contribution in [0.5, 0.6) is 11.5 Å². The van der Waals surface area contributed by atoms with Crippen LogP contribution < -0.4 is 14.8 Å². The summed E-state index contributed by atoms with van der Waals surface area (Å²) in [7, 11) is 1.60. The summed E-state index contributed by atoms with van der Waals surface area (Å²) in [5, 5.41) is 22.2. The maximum absolute atomic E-state index is 13.2. The third-order valence-corrected chi connectivity index (χ3v) is 6.49. The number of β-amino-alcohol motifs (C(OH)–C–C–N with tert-alkyl or cyclic N) is 1. The number of amides is 2. The Hall–Kier alpha value is -3.86. The van der Waals surface area contributed by atoms with Gasteiger partial charge in [0.2, 0.25) is 0 Å². The van der Waals surface area contributed by atoms with Gasteiger partial charge in [0.05, 0.1) is 43.5 Å². The fraction of sp³-hybridized carbons (Fsp3) is 0.417. The molecule has 11 nitrogen and oxygen atoms in total. The molecule has 2 atom stereocenters. The SMILES string of the molecule is COc1ccc(-c2ncnc3c(C(=O)N[C@@H]4CN(C(=O)O)C[C@H]4O)c(C)[nH]c23)c(OCC2CC2)c1. The van der Waals surface area contributed by atoms with Gasteiger partial charge in [0.15, 0.2) is 0 Å². The molecule has 2 fully saturated rings. The van der Waals surface area contributed by atoms with E-state index in [0.29, 0.717) is 52.0 Å². The lowest BCUT2D eigenvalue weighted by Crippen LogP contribution is -2.43. The Morgan fingerprint density at radius 1 is 1.26 bits per heavy atom. The van der Waals surface area contributed by atoms with Crippen LogP contribution in [0, 0.1) is 12.8 Å². The van der Waals surface area contributed by atoms with Gasteiger partial charge in [-0.3, -0.25) is 4.79 Å². The molecule has 1 aliphatic heterocycles. The van der Waals surface area contributed by atoms with E-state index < -0.39 is 24.1 Å². The minimum atomic E-state index is -1.14. The Kier molecular flexibility index (Phi) is 5.93. The average Bonchev–Trinajstić information content (AvgIpc) is 3.51. The number of benzene rings is 1. The van der Waals surface area contributed by atoms with E-state index in [1.54, 1.807) is 14.0 Å². The normalized spacial score (nSPS) is 19.7. The number of methoxy groups -OCH3 is 1. The fourth-order valence-corrected chi connectivity index (χ4v) is 4.37. The van der Waals surface area contributed by atoms with Crippen LogP contribution in [-0.4, -0.2) is 81.0 Å². The third kappa shape index (κ3) is 4.46. The molecular weight excluding hydrogens is 454 g/mol. The number of hydrogen-bond acceptors (Lipinski definition) is 7. The number of likely N-dealkylation sites (tertiary alicyclic amines) is 1.